The van der Waals surface area contributed by atoms with E-state index in [9.17, 15) is 0 Å². The van der Waals surface area contributed by atoms with E-state index in [1.165, 1.54) is 169 Å². The van der Waals surface area contributed by atoms with Gasteiger partial charge in [-0.3, -0.25) is 0 Å². The van der Waals surface area contributed by atoms with Crippen molar-refractivity contribution < 1.29 is 0 Å². The molecule has 1 aromatic rings. The average molecular weight is 535 g/mol. The van der Waals surface area contributed by atoms with E-state index < -0.39 is 0 Å². The molecule has 1 rings (SSSR count). The van der Waals surface area contributed by atoms with Crippen LogP contribution in [0, 0.1) is 0 Å². The maximum Gasteiger partial charge on any atom is 0.00858 e. The van der Waals surface area contributed by atoms with Crippen molar-refractivity contribution in [1.82, 2.24) is 0 Å². The quantitative estimate of drug-likeness (QED) is 0.0813. The van der Waals surface area contributed by atoms with Gasteiger partial charge in [-0.15, -0.1) is 23.5 Å². The summed E-state index contributed by atoms with van der Waals surface area (Å²) in [5.41, 5.74) is 1.57. The SMILES string of the molecule is CCCCCCCCCCCCSc1cc(CCCC)cc(SCCCCCCCCCCCC)c1. The first-order valence-corrected chi connectivity index (χ1v) is 18.2. The Hall–Kier alpha value is -0.0800. The second-order valence-electron chi connectivity index (χ2n) is 11.0. The molecule has 0 nitrogen and oxygen atoms in total. The minimum absolute atomic E-state index is 1.25. The number of hydrogen-bond donors (Lipinski definition) is 0. The summed E-state index contributed by atoms with van der Waals surface area (Å²) >= 11 is 4.21. The van der Waals surface area contributed by atoms with E-state index >= 15 is 0 Å². The molecular weight excluding hydrogens is 473 g/mol. The van der Waals surface area contributed by atoms with Gasteiger partial charge in [0.1, 0.15) is 0 Å². The Kier molecular flexibility index (Phi) is 25.0. The predicted molar refractivity (Wildman–Crippen MR) is 170 cm³/mol. The molecular formula is C34H62S2. The third kappa shape index (κ3) is 20.9. The van der Waals surface area contributed by atoms with Crippen LogP contribution in [0.3, 0.4) is 0 Å². The zero-order valence-electron chi connectivity index (χ0n) is 24.7. The Morgan fingerprint density at radius 1 is 0.389 bits per heavy atom. The molecule has 0 fully saturated rings. The smallest absolute Gasteiger partial charge is 0.00858 e. The standard InChI is InChI=1S/C34H62S2/c1-4-7-10-12-14-16-18-20-22-24-27-35-33-29-32(26-9-6-3)30-34(31-33)36-28-25-23-21-19-17-15-13-11-8-5-2/h29-31H,4-28H2,1-3H3. The van der Waals surface area contributed by atoms with Crippen molar-refractivity contribution in [3.05, 3.63) is 23.8 Å². The van der Waals surface area contributed by atoms with Gasteiger partial charge in [0, 0.05) is 9.79 Å². The van der Waals surface area contributed by atoms with Crippen molar-refractivity contribution in [2.75, 3.05) is 11.5 Å². The molecule has 0 aliphatic carbocycles. The van der Waals surface area contributed by atoms with E-state index in [1.807, 2.05) is 0 Å². The van der Waals surface area contributed by atoms with E-state index in [1.54, 1.807) is 5.56 Å². The lowest BCUT2D eigenvalue weighted by Crippen LogP contribution is -1.90. The minimum Gasteiger partial charge on any atom is -0.126 e. The Balaban J connectivity index is 2.21. The molecule has 0 atom stereocenters. The maximum atomic E-state index is 2.49. The molecule has 1 aromatic carbocycles. The summed E-state index contributed by atoms with van der Waals surface area (Å²) in [6.45, 7) is 6.92. The summed E-state index contributed by atoms with van der Waals surface area (Å²) < 4.78 is 0. The van der Waals surface area contributed by atoms with Crippen molar-refractivity contribution in [3.8, 4) is 0 Å². The highest BCUT2D eigenvalue weighted by atomic mass is 32.2. The van der Waals surface area contributed by atoms with Gasteiger partial charge in [-0.1, -0.05) is 143 Å². The molecule has 210 valence electrons. The van der Waals surface area contributed by atoms with E-state index in [-0.39, 0.29) is 0 Å². The van der Waals surface area contributed by atoms with Crippen LogP contribution in [0.2, 0.25) is 0 Å². The van der Waals surface area contributed by atoms with Crippen LogP contribution in [0.1, 0.15) is 168 Å². The van der Waals surface area contributed by atoms with Crippen LogP contribution in [-0.2, 0) is 6.42 Å². The van der Waals surface area contributed by atoms with Crippen molar-refractivity contribution in [3.63, 3.8) is 0 Å². The fourth-order valence-corrected chi connectivity index (χ4v) is 7.01. The third-order valence-corrected chi connectivity index (χ3v) is 9.42. The largest absolute Gasteiger partial charge is 0.126 e. The van der Waals surface area contributed by atoms with E-state index in [0.29, 0.717) is 0 Å². The molecule has 0 N–H and O–H groups in total. The second kappa shape index (κ2) is 26.5. The van der Waals surface area contributed by atoms with Crippen LogP contribution in [0.25, 0.3) is 0 Å². The van der Waals surface area contributed by atoms with Gasteiger partial charge < -0.3 is 0 Å². The summed E-state index contributed by atoms with van der Waals surface area (Å²) in [6.07, 6.45) is 32.4. The highest BCUT2D eigenvalue weighted by Gasteiger charge is 2.04. The number of hydrogen-bond acceptors (Lipinski definition) is 2. The molecule has 0 aromatic heterocycles. The van der Waals surface area contributed by atoms with Crippen LogP contribution in [0.15, 0.2) is 28.0 Å². The van der Waals surface area contributed by atoms with Crippen molar-refractivity contribution in [2.24, 2.45) is 0 Å². The molecule has 0 bridgehead atoms. The molecule has 0 heterocycles. The summed E-state index contributed by atoms with van der Waals surface area (Å²) in [5.74, 6) is 2.58. The molecule has 0 amide bonds. The first kappa shape index (κ1) is 33.9. The van der Waals surface area contributed by atoms with Gasteiger partial charge in [-0.2, -0.15) is 0 Å². The summed E-state index contributed by atoms with van der Waals surface area (Å²) in [4.78, 5) is 3.04. The minimum atomic E-state index is 1.25. The molecule has 0 unspecified atom stereocenters. The normalized spacial score (nSPS) is 11.4. The lowest BCUT2D eigenvalue weighted by atomic mass is 10.1. The summed E-state index contributed by atoms with van der Waals surface area (Å²) in [7, 11) is 0. The van der Waals surface area contributed by atoms with Crippen molar-refractivity contribution in [1.29, 1.82) is 0 Å². The number of aryl methyl sites for hydroxylation is 1. The summed E-state index contributed by atoms with van der Waals surface area (Å²) in [6, 6.07) is 7.46. The fraction of sp³-hybridized carbons (Fsp3) is 0.824. The van der Waals surface area contributed by atoms with E-state index in [2.05, 4.69) is 62.5 Å². The highest BCUT2D eigenvalue weighted by Crippen LogP contribution is 2.29. The van der Waals surface area contributed by atoms with E-state index in [0.717, 1.165) is 0 Å². The summed E-state index contributed by atoms with van der Waals surface area (Å²) in [5, 5.41) is 0. The number of unbranched alkanes of at least 4 members (excludes halogenated alkanes) is 19. The Morgan fingerprint density at radius 2 is 0.722 bits per heavy atom. The maximum absolute atomic E-state index is 2.49. The van der Waals surface area contributed by atoms with Gasteiger partial charge >= 0.3 is 0 Å². The number of rotatable bonds is 27. The molecule has 0 aliphatic rings. The number of benzene rings is 1. The van der Waals surface area contributed by atoms with Gasteiger partial charge in [-0.05, 0) is 61.0 Å². The van der Waals surface area contributed by atoms with Crippen LogP contribution in [-0.4, -0.2) is 11.5 Å². The monoisotopic (exact) mass is 534 g/mol. The van der Waals surface area contributed by atoms with Crippen LogP contribution in [0.5, 0.6) is 0 Å². The van der Waals surface area contributed by atoms with Gasteiger partial charge in [0.2, 0.25) is 0 Å². The van der Waals surface area contributed by atoms with Crippen molar-refractivity contribution in [2.45, 2.75) is 178 Å². The Morgan fingerprint density at radius 3 is 1.08 bits per heavy atom. The van der Waals surface area contributed by atoms with Gasteiger partial charge in [0.25, 0.3) is 0 Å². The Labute approximate surface area is 236 Å². The zero-order chi connectivity index (χ0) is 25.9. The van der Waals surface area contributed by atoms with Gasteiger partial charge in [0.05, 0.1) is 0 Å². The van der Waals surface area contributed by atoms with Gasteiger partial charge in [0.15, 0.2) is 0 Å². The fourth-order valence-electron chi connectivity index (χ4n) is 4.88. The molecule has 0 spiro atoms. The van der Waals surface area contributed by atoms with Crippen LogP contribution in [0.4, 0.5) is 0 Å². The molecule has 0 aliphatic heterocycles. The second-order valence-corrected chi connectivity index (χ2v) is 13.3. The molecule has 2 heteroatoms. The average Bonchev–Trinajstić information content (AvgIpc) is 2.89. The van der Waals surface area contributed by atoms with Crippen molar-refractivity contribution >= 4 is 23.5 Å². The van der Waals surface area contributed by atoms with Gasteiger partial charge in [-0.25, -0.2) is 0 Å². The molecule has 0 saturated carbocycles. The lowest BCUT2D eigenvalue weighted by Gasteiger charge is -2.10. The first-order valence-electron chi connectivity index (χ1n) is 16.2. The molecule has 0 saturated heterocycles. The molecule has 0 radical (unpaired) electrons. The zero-order valence-corrected chi connectivity index (χ0v) is 26.4. The Bertz CT molecular complexity index is 538. The van der Waals surface area contributed by atoms with Crippen LogP contribution >= 0.6 is 23.5 Å². The topological polar surface area (TPSA) is 0 Å². The van der Waals surface area contributed by atoms with E-state index in [4.69, 9.17) is 0 Å². The highest BCUT2D eigenvalue weighted by molar-refractivity contribution is 8.00. The van der Waals surface area contributed by atoms with Crippen LogP contribution < -0.4 is 0 Å². The first-order chi connectivity index (χ1) is 17.8. The molecule has 36 heavy (non-hydrogen) atoms. The predicted octanol–water partition coefficient (Wildman–Crippen LogP) is 13.1. The third-order valence-electron chi connectivity index (χ3n) is 7.29. The lowest BCUT2D eigenvalue weighted by molar-refractivity contribution is 0.563. The number of thioether (sulfide) groups is 2.